The summed E-state index contributed by atoms with van der Waals surface area (Å²) in [6.07, 6.45) is 6.73. The normalized spacial score (nSPS) is 23.7. The second kappa shape index (κ2) is 5.39. The number of pyridine rings is 1. The number of nitriles is 1. The van der Waals surface area contributed by atoms with Gasteiger partial charge in [-0.25, -0.2) is 4.98 Å². The molecule has 2 rings (SSSR count). The van der Waals surface area contributed by atoms with Crippen LogP contribution in [0.4, 0.5) is 5.82 Å². The van der Waals surface area contributed by atoms with Crippen LogP contribution < -0.4 is 4.90 Å². The standard InChI is InChI=1S/C15H21N3/c1-3-7-15(2)8-4-9-18(12-15)14-6-5-13(10-16)11-17-14/h5-6,11H,3-4,7-9,12H2,1-2H3. The number of piperidine rings is 1. The van der Waals surface area contributed by atoms with Crippen molar-refractivity contribution in [2.75, 3.05) is 18.0 Å². The molecule has 1 fully saturated rings. The Bertz CT molecular complexity index is 428. The third-order valence-corrected chi connectivity index (χ3v) is 3.84. The van der Waals surface area contributed by atoms with Crippen LogP contribution in [0.25, 0.3) is 0 Å². The molecule has 2 heterocycles. The van der Waals surface area contributed by atoms with Crippen molar-refractivity contribution in [3.8, 4) is 6.07 Å². The van der Waals surface area contributed by atoms with E-state index in [0.717, 1.165) is 18.9 Å². The summed E-state index contributed by atoms with van der Waals surface area (Å²) in [6, 6.07) is 5.94. The Morgan fingerprint density at radius 1 is 1.50 bits per heavy atom. The van der Waals surface area contributed by atoms with Crippen LogP contribution in [0.5, 0.6) is 0 Å². The SMILES string of the molecule is CCCC1(C)CCCN(c2ccc(C#N)cn2)C1. The van der Waals surface area contributed by atoms with Crippen LogP contribution in [0.15, 0.2) is 18.3 Å². The first-order chi connectivity index (χ1) is 8.67. The first-order valence-electron chi connectivity index (χ1n) is 6.78. The molecule has 0 radical (unpaired) electrons. The number of rotatable bonds is 3. The predicted octanol–water partition coefficient (Wildman–Crippen LogP) is 3.36. The van der Waals surface area contributed by atoms with Crippen molar-refractivity contribution < 1.29 is 0 Å². The Morgan fingerprint density at radius 3 is 2.94 bits per heavy atom. The van der Waals surface area contributed by atoms with Crippen LogP contribution in [0.2, 0.25) is 0 Å². The second-order valence-corrected chi connectivity index (χ2v) is 5.60. The Morgan fingerprint density at radius 2 is 2.33 bits per heavy atom. The minimum absolute atomic E-state index is 0.419. The maximum atomic E-state index is 8.79. The quantitative estimate of drug-likeness (QED) is 0.817. The van der Waals surface area contributed by atoms with Crippen molar-refractivity contribution in [1.29, 1.82) is 5.26 Å². The van der Waals surface area contributed by atoms with Crippen molar-refractivity contribution >= 4 is 5.82 Å². The largest absolute Gasteiger partial charge is 0.356 e. The maximum Gasteiger partial charge on any atom is 0.128 e. The molecule has 96 valence electrons. The fraction of sp³-hybridized carbons (Fsp3) is 0.600. The molecule has 0 N–H and O–H groups in total. The van der Waals surface area contributed by atoms with Crippen LogP contribution in [0.3, 0.4) is 0 Å². The van der Waals surface area contributed by atoms with Crippen LogP contribution >= 0.6 is 0 Å². The lowest BCUT2D eigenvalue weighted by Crippen LogP contribution is -2.42. The molecule has 0 amide bonds. The molecule has 0 aromatic carbocycles. The lowest BCUT2D eigenvalue weighted by molar-refractivity contribution is 0.238. The Balaban J connectivity index is 2.10. The monoisotopic (exact) mass is 243 g/mol. The first kappa shape index (κ1) is 12.9. The van der Waals surface area contributed by atoms with E-state index in [-0.39, 0.29) is 0 Å². The zero-order valence-corrected chi connectivity index (χ0v) is 11.3. The van der Waals surface area contributed by atoms with E-state index in [9.17, 15) is 0 Å². The summed E-state index contributed by atoms with van der Waals surface area (Å²) in [6.45, 7) is 6.80. The van der Waals surface area contributed by atoms with Crippen LogP contribution in [-0.4, -0.2) is 18.1 Å². The second-order valence-electron chi connectivity index (χ2n) is 5.60. The molecule has 0 saturated carbocycles. The van der Waals surface area contributed by atoms with Gasteiger partial charge in [0.15, 0.2) is 0 Å². The van der Waals surface area contributed by atoms with E-state index in [2.05, 4.69) is 29.8 Å². The molecule has 1 aromatic heterocycles. The minimum atomic E-state index is 0.419. The van der Waals surface area contributed by atoms with Crippen molar-refractivity contribution in [3.63, 3.8) is 0 Å². The van der Waals surface area contributed by atoms with E-state index in [1.165, 1.54) is 25.7 Å². The molecule has 18 heavy (non-hydrogen) atoms. The molecule has 1 unspecified atom stereocenters. The van der Waals surface area contributed by atoms with Gasteiger partial charge >= 0.3 is 0 Å². The summed E-state index contributed by atoms with van der Waals surface area (Å²) in [7, 11) is 0. The number of hydrogen-bond donors (Lipinski definition) is 0. The van der Waals surface area contributed by atoms with Gasteiger partial charge in [-0.3, -0.25) is 0 Å². The molecule has 0 aliphatic carbocycles. The highest BCUT2D eigenvalue weighted by Crippen LogP contribution is 2.35. The zero-order chi connectivity index (χ0) is 13.0. The fourth-order valence-electron chi connectivity index (χ4n) is 2.96. The number of aromatic nitrogens is 1. The molecule has 1 aliphatic rings. The summed E-state index contributed by atoms with van der Waals surface area (Å²) < 4.78 is 0. The van der Waals surface area contributed by atoms with E-state index in [0.29, 0.717) is 11.0 Å². The molecule has 3 heteroatoms. The molecular formula is C15H21N3. The summed E-state index contributed by atoms with van der Waals surface area (Å²) in [5.41, 5.74) is 1.05. The Kier molecular flexibility index (Phi) is 3.86. The van der Waals surface area contributed by atoms with E-state index < -0.39 is 0 Å². The van der Waals surface area contributed by atoms with Crippen LogP contribution in [0.1, 0.15) is 45.1 Å². The highest BCUT2D eigenvalue weighted by Gasteiger charge is 2.30. The molecule has 0 spiro atoms. The van der Waals surface area contributed by atoms with Gasteiger partial charge in [-0.2, -0.15) is 5.26 Å². The topological polar surface area (TPSA) is 39.9 Å². The third kappa shape index (κ3) is 2.81. The van der Waals surface area contributed by atoms with Gasteiger partial charge in [0, 0.05) is 19.3 Å². The average Bonchev–Trinajstić information content (AvgIpc) is 2.39. The first-order valence-corrected chi connectivity index (χ1v) is 6.78. The summed E-state index contributed by atoms with van der Waals surface area (Å²) in [5.74, 6) is 1.01. The van der Waals surface area contributed by atoms with Crippen LogP contribution in [-0.2, 0) is 0 Å². The highest BCUT2D eigenvalue weighted by molar-refractivity contribution is 5.42. The Hall–Kier alpha value is -1.56. The van der Waals surface area contributed by atoms with Gasteiger partial charge in [-0.1, -0.05) is 20.3 Å². The number of hydrogen-bond acceptors (Lipinski definition) is 3. The van der Waals surface area contributed by atoms with Gasteiger partial charge in [-0.15, -0.1) is 0 Å². The van der Waals surface area contributed by atoms with Crippen molar-refractivity contribution in [1.82, 2.24) is 4.98 Å². The fourth-order valence-corrected chi connectivity index (χ4v) is 2.96. The molecule has 0 bridgehead atoms. The number of anilines is 1. The molecule has 3 nitrogen and oxygen atoms in total. The van der Waals surface area contributed by atoms with Gasteiger partial charge < -0.3 is 4.90 Å². The summed E-state index contributed by atoms with van der Waals surface area (Å²) in [5, 5.41) is 8.79. The maximum absolute atomic E-state index is 8.79. The molecule has 1 aliphatic heterocycles. The average molecular weight is 243 g/mol. The van der Waals surface area contributed by atoms with E-state index in [4.69, 9.17) is 5.26 Å². The smallest absolute Gasteiger partial charge is 0.128 e. The minimum Gasteiger partial charge on any atom is -0.356 e. The van der Waals surface area contributed by atoms with Gasteiger partial charge in [0.1, 0.15) is 11.9 Å². The van der Waals surface area contributed by atoms with E-state index >= 15 is 0 Å². The number of nitrogens with zero attached hydrogens (tertiary/aromatic N) is 3. The highest BCUT2D eigenvalue weighted by atomic mass is 15.2. The van der Waals surface area contributed by atoms with Crippen molar-refractivity contribution in [2.24, 2.45) is 5.41 Å². The van der Waals surface area contributed by atoms with Gasteiger partial charge in [-0.05, 0) is 36.8 Å². The van der Waals surface area contributed by atoms with Gasteiger partial charge in [0.25, 0.3) is 0 Å². The van der Waals surface area contributed by atoms with Gasteiger partial charge in [0.2, 0.25) is 0 Å². The Labute approximate surface area is 109 Å². The summed E-state index contributed by atoms with van der Waals surface area (Å²) in [4.78, 5) is 6.76. The predicted molar refractivity (Wildman–Crippen MR) is 73.4 cm³/mol. The van der Waals surface area contributed by atoms with E-state index in [1.807, 2.05) is 12.1 Å². The van der Waals surface area contributed by atoms with Gasteiger partial charge in [0.05, 0.1) is 5.56 Å². The van der Waals surface area contributed by atoms with Crippen molar-refractivity contribution in [3.05, 3.63) is 23.9 Å². The zero-order valence-electron chi connectivity index (χ0n) is 11.3. The third-order valence-electron chi connectivity index (χ3n) is 3.84. The summed E-state index contributed by atoms with van der Waals surface area (Å²) >= 11 is 0. The molecule has 1 aromatic rings. The van der Waals surface area contributed by atoms with Crippen molar-refractivity contribution in [2.45, 2.75) is 39.5 Å². The lowest BCUT2D eigenvalue weighted by Gasteiger charge is -2.41. The molecule has 1 saturated heterocycles. The molecule has 1 atom stereocenters. The van der Waals surface area contributed by atoms with E-state index in [1.54, 1.807) is 6.20 Å². The lowest BCUT2D eigenvalue weighted by atomic mass is 9.78. The van der Waals surface area contributed by atoms with Crippen LogP contribution in [0, 0.1) is 16.7 Å². The molecular weight excluding hydrogens is 222 g/mol.